The molecular formula is C17H16ClN3O5. The van der Waals surface area contributed by atoms with E-state index in [4.69, 9.17) is 16.3 Å². The molecule has 1 saturated heterocycles. The first-order chi connectivity index (χ1) is 12.5. The second kappa shape index (κ2) is 6.49. The van der Waals surface area contributed by atoms with Gasteiger partial charge >= 0.3 is 0 Å². The zero-order valence-corrected chi connectivity index (χ0v) is 14.1. The van der Waals surface area contributed by atoms with Gasteiger partial charge in [0, 0.05) is 11.2 Å². The van der Waals surface area contributed by atoms with E-state index >= 15 is 0 Å². The number of H-pyrrole nitrogens is 1. The topological polar surface area (TPSA) is 121 Å². The van der Waals surface area contributed by atoms with E-state index in [-0.39, 0.29) is 5.56 Å². The van der Waals surface area contributed by atoms with Crippen molar-refractivity contribution in [3.8, 4) is 0 Å². The number of hydrogen-bond acceptors (Lipinski definition) is 6. The van der Waals surface area contributed by atoms with E-state index in [1.807, 2.05) is 0 Å². The van der Waals surface area contributed by atoms with E-state index in [1.54, 1.807) is 36.5 Å². The van der Waals surface area contributed by atoms with Gasteiger partial charge in [0.1, 0.15) is 30.1 Å². The average Bonchev–Trinajstić information content (AvgIpc) is 3.18. The summed E-state index contributed by atoms with van der Waals surface area (Å²) in [5.74, 6) is 0. The van der Waals surface area contributed by atoms with Crippen LogP contribution in [0.2, 0.25) is 5.02 Å². The number of hydrogen-bond donors (Lipinski definition) is 4. The lowest BCUT2D eigenvalue weighted by molar-refractivity contribution is -0.0848. The van der Waals surface area contributed by atoms with Gasteiger partial charge in [-0.2, -0.15) is 0 Å². The van der Waals surface area contributed by atoms with Crippen LogP contribution < -0.4 is 5.56 Å². The number of aliphatic hydroxyl groups is 3. The van der Waals surface area contributed by atoms with E-state index in [1.165, 1.54) is 10.9 Å². The summed E-state index contributed by atoms with van der Waals surface area (Å²) >= 11 is 5.85. The molecule has 1 aliphatic heterocycles. The highest BCUT2D eigenvalue weighted by Crippen LogP contribution is 2.37. The van der Waals surface area contributed by atoms with Crippen molar-refractivity contribution >= 4 is 22.6 Å². The fourth-order valence-electron chi connectivity index (χ4n) is 3.21. The van der Waals surface area contributed by atoms with Crippen molar-refractivity contribution in [3.63, 3.8) is 0 Å². The molecule has 1 aromatic carbocycles. The monoisotopic (exact) mass is 377 g/mol. The third-order valence-electron chi connectivity index (χ3n) is 4.59. The Bertz CT molecular complexity index is 986. The van der Waals surface area contributed by atoms with Gasteiger partial charge in [0.05, 0.1) is 11.7 Å². The van der Waals surface area contributed by atoms with Gasteiger partial charge in [0.15, 0.2) is 6.23 Å². The van der Waals surface area contributed by atoms with Gasteiger partial charge in [-0.1, -0.05) is 23.7 Å². The zero-order chi connectivity index (χ0) is 18.4. The molecule has 5 atom stereocenters. The molecule has 4 N–H and O–H groups in total. The van der Waals surface area contributed by atoms with E-state index < -0.39 is 30.6 Å². The molecule has 136 valence electrons. The molecular weight excluding hydrogens is 362 g/mol. The molecule has 2 aromatic heterocycles. The fourth-order valence-corrected chi connectivity index (χ4v) is 3.34. The highest BCUT2D eigenvalue weighted by atomic mass is 35.5. The van der Waals surface area contributed by atoms with Crippen LogP contribution in [-0.4, -0.2) is 48.2 Å². The first-order valence-electron chi connectivity index (χ1n) is 7.96. The number of nitrogens with zero attached hydrogens (tertiary/aromatic N) is 2. The van der Waals surface area contributed by atoms with Crippen molar-refractivity contribution < 1.29 is 20.1 Å². The molecule has 3 heterocycles. The van der Waals surface area contributed by atoms with Crippen LogP contribution in [0, 0.1) is 0 Å². The maximum Gasteiger partial charge on any atom is 0.260 e. The van der Waals surface area contributed by atoms with Crippen LogP contribution in [0.15, 0.2) is 47.7 Å². The molecule has 1 fully saturated rings. The van der Waals surface area contributed by atoms with Crippen LogP contribution in [0.1, 0.15) is 17.9 Å². The molecule has 8 nitrogen and oxygen atoms in total. The average molecular weight is 378 g/mol. The SMILES string of the molecule is O=c1[nH]cnc2c1ccn2[C@@H]1O[C@H](C(O)c2ccc(Cl)cc2)[C@@H](O)[C@H]1O. The number of ether oxygens (including phenoxy) is 1. The maximum atomic E-state index is 11.8. The van der Waals surface area contributed by atoms with Gasteiger partial charge < -0.3 is 29.6 Å². The standard InChI is InChI=1S/C17H16ClN3O5/c18-9-3-1-8(2-4-9)11(22)14-12(23)13(24)17(26-14)21-6-5-10-15(21)19-7-20-16(10)25/h1-7,11-14,17,22-24H,(H,19,20,25)/t11?,12-,13+,14+,17+/m0/s1. The number of aliphatic hydroxyl groups excluding tert-OH is 3. The number of fused-ring (bicyclic) bond motifs is 1. The third-order valence-corrected chi connectivity index (χ3v) is 4.84. The largest absolute Gasteiger partial charge is 0.387 e. The summed E-state index contributed by atoms with van der Waals surface area (Å²) in [5, 5.41) is 32.2. The number of nitrogens with one attached hydrogen (secondary N) is 1. The molecule has 0 saturated carbocycles. The molecule has 0 radical (unpaired) electrons. The van der Waals surface area contributed by atoms with E-state index in [0.717, 1.165) is 0 Å². The van der Waals surface area contributed by atoms with Crippen LogP contribution in [0.5, 0.6) is 0 Å². The van der Waals surface area contributed by atoms with E-state index in [2.05, 4.69) is 9.97 Å². The van der Waals surface area contributed by atoms with Gasteiger partial charge in [0.25, 0.3) is 5.56 Å². The van der Waals surface area contributed by atoms with Crippen molar-refractivity contribution in [1.82, 2.24) is 14.5 Å². The predicted molar refractivity (Wildman–Crippen MR) is 92.7 cm³/mol. The lowest BCUT2D eigenvalue weighted by Gasteiger charge is -2.21. The Kier molecular flexibility index (Phi) is 4.29. The molecule has 1 unspecified atom stereocenters. The molecule has 3 aromatic rings. The molecule has 26 heavy (non-hydrogen) atoms. The van der Waals surface area contributed by atoms with Crippen LogP contribution in [-0.2, 0) is 4.74 Å². The molecule has 0 bridgehead atoms. The number of halogens is 1. The second-order valence-corrected chi connectivity index (χ2v) is 6.60. The predicted octanol–water partition coefficient (Wildman–Crippen LogP) is 0.731. The molecule has 9 heteroatoms. The van der Waals surface area contributed by atoms with Crippen LogP contribution in [0.4, 0.5) is 0 Å². The Morgan fingerprint density at radius 3 is 2.65 bits per heavy atom. The first kappa shape index (κ1) is 17.2. The smallest absolute Gasteiger partial charge is 0.260 e. The second-order valence-electron chi connectivity index (χ2n) is 6.16. The van der Waals surface area contributed by atoms with Crippen LogP contribution >= 0.6 is 11.6 Å². The lowest BCUT2D eigenvalue weighted by atomic mass is 9.99. The Hall–Kier alpha value is -2.23. The summed E-state index contributed by atoms with van der Waals surface area (Å²) in [4.78, 5) is 18.4. The first-order valence-corrected chi connectivity index (χ1v) is 8.34. The molecule has 0 spiro atoms. The summed E-state index contributed by atoms with van der Waals surface area (Å²) in [5.41, 5.74) is 0.490. The van der Waals surface area contributed by atoms with Crippen molar-refractivity contribution in [3.05, 3.63) is 63.8 Å². The lowest BCUT2D eigenvalue weighted by Crippen LogP contribution is -2.34. The number of rotatable bonds is 3. The quantitative estimate of drug-likeness (QED) is 0.534. The highest BCUT2D eigenvalue weighted by Gasteiger charge is 2.47. The molecule has 1 aliphatic rings. The Morgan fingerprint density at radius 1 is 1.19 bits per heavy atom. The van der Waals surface area contributed by atoms with E-state index in [9.17, 15) is 20.1 Å². The third kappa shape index (κ3) is 2.72. The minimum Gasteiger partial charge on any atom is -0.387 e. The molecule has 0 aliphatic carbocycles. The number of aromatic amines is 1. The minimum atomic E-state index is -1.33. The summed E-state index contributed by atoms with van der Waals surface area (Å²) in [6.45, 7) is 0. The minimum absolute atomic E-state index is 0.312. The van der Waals surface area contributed by atoms with Crippen molar-refractivity contribution in [1.29, 1.82) is 0 Å². The van der Waals surface area contributed by atoms with Gasteiger partial charge in [0.2, 0.25) is 0 Å². The maximum absolute atomic E-state index is 11.8. The number of aromatic nitrogens is 3. The van der Waals surface area contributed by atoms with Gasteiger partial charge in [-0.15, -0.1) is 0 Å². The van der Waals surface area contributed by atoms with Crippen molar-refractivity contribution in [2.24, 2.45) is 0 Å². The van der Waals surface area contributed by atoms with E-state index in [0.29, 0.717) is 21.6 Å². The van der Waals surface area contributed by atoms with Crippen molar-refractivity contribution in [2.75, 3.05) is 0 Å². The molecule has 4 rings (SSSR count). The highest BCUT2D eigenvalue weighted by molar-refractivity contribution is 6.30. The van der Waals surface area contributed by atoms with Gasteiger partial charge in [-0.05, 0) is 23.8 Å². The Labute approximate surface area is 152 Å². The van der Waals surface area contributed by atoms with Crippen LogP contribution in [0.3, 0.4) is 0 Å². The fraction of sp³-hybridized carbons (Fsp3) is 0.294. The van der Waals surface area contributed by atoms with Gasteiger partial charge in [-0.3, -0.25) is 4.79 Å². The summed E-state index contributed by atoms with van der Waals surface area (Å²) < 4.78 is 7.22. The van der Waals surface area contributed by atoms with Crippen molar-refractivity contribution in [2.45, 2.75) is 30.6 Å². The summed E-state index contributed by atoms with van der Waals surface area (Å²) in [6, 6.07) is 8.02. The Balaban J connectivity index is 1.66. The summed E-state index contributed by atoms with van der Waals surface area (Å²) in [7, 11) is 0. The zero-order valence-electron chi connectivity index (χ0n) is 13.4. The summed E-state index contributed by atoms with van der Waals surface area (Å²) in [6.07, 6.45) is -3.06. The normalized spacial score (nSPS) is 27.1. The van der Waals surface area contributed by atoms with Gasteiger partial charge in [-0.25, -0.2) is 4.98 Å². The van der Waals surface area contributed by atoms with Crippen LogP contribution in [0.25, 0.3) is 11.0 Å². The molecule has 0 amide bonds. The number of benzene rings is 1. The Morgan fingerprint density at radius 2 is 1.92 bits per heavy atom.